The standard InChI is InChI=1S/C27H38N2O5/c1-9-33-23(30)13-18-12-20-19(15-25(4,5)28-18)17(3)11-22(32-8)27(20)16-26(6,7)29-21(27)14-24(31)34-10-2/h11-14,28-29H,9-10,15-16H2,1-8H3/b18-13-,21-14-. The molecule has 3 aliphatic rings. The van der Waals surface area contributed by atoms with Crippen LogP contribution < -0.4 is 10.6 Å². The fourth-order valence-electron chi connectivity index (χ4n) is 5.34. The van der Waals surface area contributed by atoms with Gasteiger partial charge in [-0.25, -0.2) is 9.59 Å². The van der Waals surface area contributed by atoms with Crippen LogP contribution in [0, 0.1) is 5.41 Å². The van der Waals surface area contributed by atoms with Crippen LogP contribution in [0.3, 0.4) is 0 Å². The molecular formula is C27H38N2O5. The van der Waals surface area contributed by atoms with Crippen LogP contribution in [0.2, 0.25) is 0 Å². The number of esters is 2. The Morgan fingerprint density at radius 3 is 2.18 bits per heavy atom. The van der Waals surface area contributed by atoms with Crippen LogP contribution in [-0.2, 0) is 23.8 Å². The van der Waals surface area contributed by atoms with Crippen LogP contribution in [0.4, 0.5) is 0 Å². The molecule has 7 nitrogen and oxygen atoms in total. The largest absolute Gasteiger partial charge is 0.500 e. The van der Waals surface area contributed by atoms with E-state index < -0.39 is 17.4 Å². The third-order valence-electron chi connectivity index (χ3n) is 6.40. The summed E-state index contributed by atoms with van der Waals surface area (Å²) in [7, 11) is 1.66. The number of fused-ring (bicyclic) bond motifs is 2. The van der Waals surface area contributed by atoms with Gasteiger partial charge in [0.2, 0.25) is 0 Å². The van der Waals surface area contributed by atoms with Crippen LogP contribution in [0.1, 0.15) is 61.3 Å². The first-order valence-corrected chi connectivity index (χ1v) is 11.9. The number of allylic oxidation sites excluding steroid dienone is 3. The van der Waals surface area contributed by atoms with E-state index in [-0.39, 0.29) is 11.1 Å². The Labute approximate surface area is 203 Å². The van der Waals surface area contributed by atoms with Crippen molar-refractivity contribution in [3.8, 4) is 0 Å². The maximum atomic E-state index is 12.6. The van der Waals surface area contributed by atoms with E-state index in [9.17, 15) is 9.59 Å². The molecule has 1 spiro atoms. The average Bonchev–Trinajstić information content (AvgIpc) is 2.88. The molecule has 1 unspecified atom stereocenters. The minimum atomic E-state index is -0.726. The van der Waals surface area contributed by atoms with Gasteiger partial charge >= 0.3 is 11.9 Å². The van der Waals surface area contributed by atoms with Gasteiger partial charge in [-0.15, -0.1) is 0 Å². The molecule has 2 aliphatic heterocycles. The molecule has 0 amide bonds. The molecule has 1 fully saturated rings. The summed E-state index contributed by atoms with van der Waals surface area (Å²) in [6.07, 6.45) is 8.52. The second kappa shape index (κ2) is 9.35. The van der Waals surface area contributed by atoms with Gasteiger partial charge in [-0.3, -0.25) is 0 Å². The maximum Gasteiger partial charge on any atom is 0.332 e. The van der Waals surface area contributed by atoms with Crippen LogP contribution in [-0.4, -0.2) is 43.3 Å². The number of ether oxygens (including phenoxy) is 3. The molecule has 1 saturated heterocycles. The SMILES string of the molecule is CCOC(=O)/C=C1/C=C2C(=C(C)C=C(OC)C23CC(C)(C)N/C3=C\C(=O)OCC)CC(C)(C)N1. The van der Waals surface area contributed by atoms with E-state index in [4.69, 9.17) is 14.2 Å². The summed E-state index contributed by atoms with van der Waals surface area (Å²) in [6, 6.07) is 0. The normalized spacial score (nSPS) is 27.3. The van der Waals surface area contributed by atoms with Crippen LogP contribution in [0.25, 0.3) is 0 Å². The van der Waals surface area contributed by atoms with Gasteiger partial charge in [0.1, 0.15) is 5.76 Å². The average molecular weight is 471 g/mol. The molecule has 0 aromatic heterocycles. The smallest absolute Gasteiger partial charge is 0.332 e. The van der Waals surface area contributed by atoms with Crippen molar-refractivity contribution in [2.75, 3.05) is 20.3 Å². The second-order valence-electron chi connectivity index (χ2n) is 10.4. The van der Waals surface area contributed by atoms with Crippen molar-refractivity contribution in [1.82, 2.24) is 10.6 Å². The van der Waals surface area contributed by atoms with Crippen molar-refractivity contribution in [2.24, 2.45) is 5.41 Å². The van der Waals surface area contributed by atoms with Crippen LogP contribution >= 0.6 is 0 Å². The van der Waals surface area contributed by atoms with E-state index in [1.165, 1.54) is 11.6 Å². The monoisotopic (exact) mass is 470 g/mol. The highest BCUT2D eigenvalue weighted by Crippen LogP contribution is 2.58. The summed E-state index contributed by atoms with van der Waals surface area (Å²) in [4.78, 5) is 25.0. The van der Waals surface area contributed by atoms with Crippen molar-refractivity contribution < 1.29 is 23.8 Å². The van der Waals surface area contributed by atoms with E-state index in [1.807, 2.05) is 6.08 Å². The zero-order valence-electron chi connectivity index (χ0n) is 21.7. The van der Waals surface area contributed by atoms with Crippen LogP contribution in [0.5, 0.6) is 0 Å². The van der Waals surface area contributed by atoms with Gasteiger partial charge < -0.3 is 24.8 Å². The summed E-state index contributed by atoms with van der Waals surface area (Å²) in [6.45, 7) is 14.7. The van der Waals surface area contributed by atoms with E-state index >= 15 is 0 Å². The van der Waals surface area contributed by atoms with Crippen molar-refractivity contribution in [2.45, 2.75) is 72.4 Å². The van der Waals surface area contributed by atoms with E-state index in [2.05, 4.69) is 51.3 Å². The fraction of sp³-hybridized carbons (Fsp3) is 0.556. The van der Waals surface area contributed by atoms with E-state index in [0.717, 1.165) is 29.0 Å². The molecule has 0 aromatic carbocycles. The summed E-state index contributed by atoms with van der Waals surface area (Å²) in [5, 5.41) is 7.07. The van der Waals surface area contributed by atoms with E-state index in [1.54, 1.807) is 27.0 Å². The third-order valence-corrected chi connectivity index (χ3v) is 6.40. The van der Waals surface area contributed by atoms with Gasteiger partial charge in [0.05, 0.1) is 25.7 Å². The van der Waals surface area contributed by atoms with Gasteiger partial charge in [-0.05, 0) is 90.2 Å². The summed E-state index contributed by atoms with van der Waals surface area (Å²) in [5.74, 6) is -0.0505. The third kappa shape index (κ3) is 4.93. The predicted octanol–water partition coefficient (Wildman–Crippen LogP) is 4.20. The highest BCUT2D eigenvalue weighted by Gasteiger charge is 2.56. The van der Waals surface area contributed by atoms with E-state index in [0.29, 0.717) is 25.3 Å². The first kappa shape index (κ1) is 25.7. The van der Waals surface area contributed by atoms with Gasteiger partial charge in [-0.2, -0.15) is 0 Å². The van der Waals surface area contributed by atoms with Crippen molar-refractivity contribution in [1.29, 1.82) is 0 Å². The summed E-state index contributed by atoms with van der Waals surface area (Å²) >= 11 is 0. The number of hydrogen-bond donors (Lipinski definition) is 2. The lowest BCUT2D eigenvalue weighted by Crippen LogP contribution is -2.38. The highest BCUT2D eigenvalue weighted by molar-refractivity contribution is 5.85. The van der Waals surface area contributed by atoms with Gasteiger partial charge in [-0.1, -0.05) is 0 Å². The summed E-state index contributed by atoms with van der Waals surface area (Å²) < 4.78 is 16.4. The number of nitrogens with one attached hydrogen (secondary N) is 2. The lowest BCUT2D eigenvalue weighted by molar-refractivity contribution is -0.138. The molecule has 0 bridgehead atoms. The first-order valence-electron chi connectivity index (χ1n) is 11.9. The van der Waals surface area contributed by atoms with Gasteiger partial charge in [0.15, 0.2) is 0 Å². The van der Waals surface area contributed by atoms with Crippen LogP contribution in [0.15, 0.2) is 58.2 Å². The van der Waals surface area contributed by atoms with Crippen molar-refractivity contribution >= 4 is 11.9 Å². The molecule has 2 heterocycles. The second-order valence-corrected chi connectivity index (χ2v) is 10.4. The Morgan fingerprint density at radius 2 is 1.59 bits per heavy atom. The molecule has 0 aromatic rings. The molecule has 186 valence electrons. The molecule has 0 saturated carbocycles. The Kier molecular flexibility index (Phi) is 7.06. The zero-order valence-corrected chi connectivity index (χ0v) is 21.7. The van der Waals surface area contributed by atoms with Crippen molar-refractivity contribution in [3.63, 3.8) is 0 Å². The Bertz CT molecular complexity index is 1030. The molecular weight excluding hydrogens is 432 g/mol. The van der Waals surface area contributed by atoms with Gasteiger partial charge in [0, 0.05) is 34.6 Å². The summed E-state index contributed by atoms with van der Waals surface area (Å²) in [5.41, 5.74) is 3.31. The topological polar surface area (TPSA) is 85.9 Å². The van der Waals surface area contributed by atoms with Crippen molar-refractivity contribution in [3.05, 3.63) is 58.2 Å². The number of carbonyl (C=O) groups excluding carboxylic acids is 2. The number of methoxy groups -OCH3 is 1. The minimum absolute atomic E-state index is 0.295. The number of hydrogen-bond acceptors (Lipinski definition) is 7. The minimum Gasteiger partial charge on any atom is -0.500 e. The molecule has 0 radical (unpaired) electrons. The molecule has 1 aliphatic carbocycles. The Hall–Kier alpha value is -2.96. The first-order chi connectivity index (χ1) is 15.9. The Morgan fingerprint density at radius 1 is 0.971 bits per heavy atom. The lowest BCUT2D eigenvalue weighted by atomic mass is 9.64. The quantitative estimate of drug-likeness (QED) is 0.460. The predicted molar refractivity (Wildman–Crippen MR) is 131 cm³/mol. The molecule has 1 atom stereocenters. The maximum absolute atomic E-state index is 12.6. The molecule has 2 N–H and O–H groups in total. The number of carbonyl (C=O) groups is 2. The molecule has 7 heteroatoms. The molecule has 34 heavy (non-hydrogen) atoms. The highest BCUT2D eigenvalue weighted by atomic mass is 16.5. The molecule has 3 rings (SSSR count). The lowest BCUT2D eigenvalue weighted by Gasteiger charge is -2.40. The fourth-order valence-corrected chi connectivity index (χ4v) is 5.34. The van der Waals surface area contributed by atoms with Gasteiger partial charge in [0.25, 0.3) is 0 Å². The number of rotatable bonds is 5. The Balaban J connectivity index is 2.31. The zero-order chi connectivity index (χ0) is 25.3.